The normalized spacial score (nSPS) is 33.0. The van der Waals surface area contributed by atoms with Crippen molar-refractivity contribution in [3.8, 4) is 5.75 Å². The lowest BCUT2D eigenvalue weighted by Crippen LogP contribution is -2.50. The number of ketones is 1. The van der Waals surface area contributed by atoms with Gasteiger partial charge < -0.3 is 19.1 Å². The Hall–Kier alpha value is -2.85. The van der Waals surface area contributed by atoms with Crippen LogP contribution in [0.4, 0.5) is 5.69 Å². The Morgan fingerprint density at radius 1 is 1.19 bits per heavy atom. The molecule has 1 N–H and O–H groups in total. The molecule has 4 aliphatic rings. The highest BCUT2D eigenvalue weighted by molar-refractivity contribution is 7.99. The lowest BCUT2D eigenvalue weighted by molar-refractivity contribution is -0.130. The van der Waals surface area contributed by atoms with Gasteiger partial charge in [-0.1, -0.05) is 36.7 Å². The topological polar surface area (TPSA) is 94.2 Å². The van der Waals surface area contributed by atoms with Crippen LogP contribution in [0.25, 0.3) is 0 Å². The predicted octanol–water partition coefficient (Wildman–Crippen LogP) is 5.79. The molecule has 2 aliphatic carbocycles. The third-order valence-electron chi connectivity index (χ3n) is 10.9. The number of hydrogen-bond acceptors (Lipinski definition) is 7. The number of allylic oxidation sites excluding steroid dienone is 1. The number of ether oxygens (including phenoxy) is 3. The van der Waals surface area contributed by atoms with Crippen molar-refractivity contribution in [2.24, 2.45) is 17.8 Å². The zero-order valence-corrected chi connectivity index (χ0v) is 29.2. The van der Waals surface area contributed by atoms with Gasteiger partial charge in [0.25, 0.3) is 5.91 Å². The summed E-state index contributed by atoms with van der Waals surface area (Å²) in [5, 5.41) is 0.369. The van der Waals surface area contributed by atoms with Gasteiger partial charge in [-0.15, -0.1) is 0 Å². The predicted molar refractivity (Wildman–Crippen MR) is 188 cm³/mol. The second kappa shape index (κ2) is 13.9. The second-order valence-corrected chi connectivity index (χ2v) is 16.9. The fraction of sp³-hybridized carbons (Fsp3) is 0.541. The van der Waals surface area contributed by atoms with Crippen LogP contribution in [0.2, 0.25) is 5.02 Å². The third-order valence-corrected chi connectivity index (χ3v) is 13.3. The van der Waals surface area contributed by atoms with E-state index in [1.165, 1.54) is 18.2 Å². The fourth-order valence-electron chi connectivity index (χ4n) is 7.81. The summed E-state index contributed by atoms with van der Waals surface area (Å²) in [7, 11) is -1.45. The third kappa shape index (κ3) is 7.14. The molecule has 0 saturated heterocycles. The standard InChI is InChI=1S/C37H47ClN2O6S/c1-24-7-5-9-34(45-21-30(41)20-44-3)31-13-10-28(31)19-40-22-37(16-6-8-26-17-29(38)12-14-32(26)37)23-46-35-15-11-27(18-33(35)40)36(42)39-47(4,43)25(24)2/h5,9,11-12,14-15,17-18,24-25,28,31,34H,4,6-8,10,13,16,19-23H2,1-3H3,(H,39,42,43)/b9-5+/t24-,25+,28-,31+,34-,37-,47?/m0/s1. The summed E-state index contributed by atoms with van der Waals surface area (Å²) >= 11 is 6.44. The van der Waals surface area contributed by atoms with Crippen LogP contribution in [0.3, 0.4) is 0 Å². The Labute approximate surface area is 284 Å². The van der Waals surface area contributed by atoms with Crippen molar-refractivity contribution in [2.75, 3.05) is 44.9 Å². The zero-order valence-electron chi connectivity index (χ0n) is 27.7. The van der Waals surface area contributed by atoms with E-state index in [9.17, 15) is 13.8 Å². The number of fused-ring (bicyclic) bond motifs is 4. The zero-order chi connectivity index (χ0) is 33.3. The number of nitrogens with one attached hydrogen (secondary N) is 1. The largest absolute Gasteiger partial charge is 0.490 e. The van der Waals surface area contributed by atoms with E-state index in [1.807, 2.05) is 32.0 Å². The Bertz CT molecular complexity index is 1640. The molecule has 1 amide bonds. The molecular formula is C37H47ClN2O6S. The number of aryl methyl sites for hydroxylation is 1. The summed E-state index contributed by atoms with van der Waals surface area (Å²) in [6.45, 7) is 5.88. The molecule has 2 aromatic rings. The van der Waals surface area contributed by atoms with Gasteiger partial charge in [-0.2, -0.15) is 0 Å². The van der Waals surface area contributed by atoms with Crippen LogP contribution in [0.15, 0.2) is 48.6 Å². The van der Waals surface area contributed by atoms with Crippen molar-refractivity contribution < 1.29 is 28.0 Å². The van der Waals surface area contributed by atoms with E-state index in [2.05, 4.69) is 39.8 Å². The molecule has 1 fully saturated rings. The highest BCUT2D eigenvalue weighted by Gasteiger charge is 2.44. The maximum absolute atomic E-state index is 13.8. The first kappa shape index (κ1) is 34.0. The summed E-state index contributed by atoms with van der Waals surface area (Å²) in [6.07, 6.45) is 9.56. The lowest BCUT2D eigenvalue weighted by Gasteiger charge is -2.46. The van der Waals surface area contributed by atoms with Crippen molar-refractivity contribution >= 4 is 44.6 Å². The molecule has 2 aromatic carbocycles. The summed E-state index contributed by atoms with van der Waals surface area (Å²) in [5.74, 6) is 4.72. The number of hydrogen-bond donors (Lipinski definition) is 1. The van der Waals surface area contributed by atoms with Gasteiger partial charge in [-0.25, -0.2) is 4.21 Å². The SMILES string of the molecule is C=S1(=O)NC(=O)c2ccc3c(c2)N(C[C@@H]2CC[C@H]2[C@@H](OCC(=O)COC)/C=C/C[C@H](C)[C@H]1C)C[C@@]1(CCCc2cc(Cl)ccc21)CO3. The number of nitrogens with zero attached hydrogens (tertiary/aromatic N) is 1. The van der Waals surface area contributed by atoms with Gasteiger partial charge in [0, 0.05) is 41.5 Å². The maximum Gasteiger partial charge on any atom is 0.262 e. The molecule has 6 rings (SSSR count). The molecule has 2 bridgehead atoms. The van der Waals surface area contributed by atoms with Crippen LogP contribution in [-0.2, 0) is 35.8 Å². The number of halogens is 1. The number of rotatable bonds is 5. The summed E-state index contributed by atoms with van der Waals surface area (Å²) in [4.78, 5) is 28.4. The van der Waals surface area contributed by atoms with E-state index < -0.39 is 15.6 Å². The summed E-state index contributed by atoms with van der Waals surface area (Å²) in [5.41, 5.74) is 3.57. The summed E-state index contributed by atoms with van der Waals surface area (Å²) in [6, 6.07) is 11.7. The smallest absolute Gasteiger partial charge is 0.262 e. The highest BCUT2D eigenvalue weighted by atomic mass is 35.5. The number of carbonyl (C=O) groups is 2. The van der Waals surface area contributed by atoms with Crippen molar-refractivity contribution in [1.29, 1.82) is 0 Å². The van der Waals surface area contributed by atoms with E-state index in [0.717, 1.165) is 61.7 Å². The molecule has 1 unspecified atom stereocenters. The molecule has 2 aliphatic heterocycles. The van der Waals surface area contributed by atoms with Crippen LogP contribution < -0.4 is 14.4 Å². The van der Waals surface area contributed by atoms with Crippen LogP contribution in [-0.4, -0.2) is 73.1 Å². The van der Waals surface area contributed by atoms with Crippen LogP contribution >= 0.6 is 11.6 Å². The Balaban J connectivity index is 1.40. The number of benzene rings is 2. The monoisotopic (exact) mass is 682 g/mol. The number of Topliss-reactive ketones (excluding diaryl/α,β-unsaturated/α-hetero) is 1. The average molecular weight is 683 g/mol. The summed E-state index contributed by atoms with van der Waals surface area (Å²) < 4.78 is 34.5. The molecule has 254 valence electrons. The van der Waals surface area contributed by atoms with Crippen molar-refractivity contribution in [3.05, 3.63) is 70.3 Å². The first-order valence-corrected chi connectivity index (χ1v) is 18.9. The van der Waals surface area contributed by atoms with Crippen molar-refractivity contribution in [1.82, 2.24) is 4.72 Å². The van der Waals surface area contributed by atoms with Gasteiger partial charge >= 0.3 is 0 Å². The van der Waals surface area contributed by atoms with Gasteiger partial charge in [0.2, 0.25) is 0 Å². The van der Waals surface area contributed by atoms with Crippen molar-refractivity contribution in [3.63, 3.8) is 0 Å². The minimum atomic E-state index is -2.97. The van der Waals surface area contributed by atoms with Crippen molar-refractivity contribution in [2.45, 2.75) is 69.1 Å². The van der Waals surface area contributed by atoms with E-state index in [1.54, 1.807) is 6.07 Å². The molecule has 0 aromatic heterocycles. The van der Waals surface area contributed by atoms with Gasteiger partial charge in [-0.3, -0.25) is 14.3 Å². The number of amides is 1. The molecule has 47 heavy (non-hydrogen) atoms. The molecule has 10 heteroatoms. The maximum atomic E-state index is 13.8. The molecule has 2 heterocycles. The molecule has 1 saturated carbocycles. The minimum Gasteiger partial charge on any atom is -0.490 e. The molecule has 7 atom stereocenters. The highest BCUT2D eigenvalue weighted by Crippen LogP contribution is 2.47. The van der Waals surface area contributed by atoms with Gasteiger partial charge in [0.05, 0.1) is 28.1 Å². The van der Waals surface area contributed by atoms with Crippen LogP contribution in [0.1, 0.15) is 67.4 Å². The van der Waals surface area contributed by atoms with E-state index in [0.29, 0.717) is 24.5 Å². The van der Waals surface area contributed by atoms with Gasteiger partial charge in [0.1, 0.15) is 19.0 Å². The second-order valence-electron chi connectivity index (χ2n) is 14.0. The Kier molecular flexibility index (Phi) is 10.1. The molecule has 8 nitrogen and oxygen atoms in total. The quantitative estimate of drug-likeness (QED) is 0.316. The van der Waals surface area contributed by atoms with Crippen LogP contribution in [0.5, 0.6) is 5.75 Å². The average Bonchev–Trinajstić information content (AvgIpc) is 3.17. The van der Waals surface area contributed by atoms with E-state index in [4.69, 9.17) is 25.8 Å². The number of carbonyl (C=O) groups excluding carboxylic acids is 2. The van der Waals surface area contributed by atoms with Crippen LogP contribution in [0, 0.1) is 17.8 Å². The number of methoxy groups -OCH3 is 1. The van der Waals surface area contributed by atoms with E-state index in [-0.39, 0.29) is 47.6 Å². The van der Waals surface area contributed by atoms with E-state index >= 15 is 0 Å². The van der Waals surface area contributed by atoms with Gasteiger partial charge in [-0.05, 0) is 111 Å². The lowest BCUT2D eigenvalue weighted by atomic mass is 9.68. The molecule has 1 spiro atoms. The molecular weight excluding hydrogens is 636 g/mol. The first-order chi connectivity index (χ1) is 22.5. The Morgan fingerprint density at radius 3 is 2.79 bits per heavy atom. The first-order valence-electron chi connectivity index (χ1n) is 16.8. The van der Waals surface area contributed by atoms with Gasteiger partial charge in [0.15, 0.2) is 5.78 Å². The fourth-order valence-corrected chi connectivity index (χ4v) is 9.48. The molecule has 0 radical (unpaired) electrons. The number of anilines is 1. The minimum absolute atomic E-state index is 0.0110. The Morgan fingerprint density at radius 2 is 2.02 bits per heavy atom.